The fourth-order valence-electron chi connectivity index (χ4n) is 4.00. The van der Waals surface area contributed by atoms with E-state index in [4.69, 9.17) is 11.6 Å². The van der Waals surface area contributed by atoms with E-state index in [0.29, 0.717) is 25.3 Å². The number of benzene rings is 2. The molecule has 0 saturated carbocycles. The van der Waals surface area contributed by atoms with Crippen LogP contribution in [0.25, 0.3) is 0 Å². The Morgan fingerprint density at radius 3 is 2.48 bits per heavy atom. The highest BCUT2D eigenvalue weighted by atomic mass is 35.5. The molecule has 2 amide bonds. The summed E-state index contributed by atoms with van der Waals surface area (Å²) < 4.78 is 13.4. The third kappa shape index (κ3) is 4.43. The minimum absolute atomic E-state index is 0.0217. The average molecular weight is 416 g/mol. The predicted octanol–water partition coefficient (Wildman–Crippen LogP) is 3.18. The van der Waals surface area contributed by atoms with Crippen LogP contribution in [0.3, 0.4) is 0 Å². The van der Waals surface area contributed by atoms with Crippen LogP contribution in [0.15, 0.2) is 48.5 Å². The zero-order chi connectivity index (χ0) is 20.4. The zero-order valence-electron chi connectivity index (χ0n) is 16.1. The number of carbonyl (C=O) groups is 2. The molecule has 2 fully saturated rings. The van der Waals surface area contributed by atoms with Crippen LogP contribution in [0, 0.1) is 11.7 Å². The van der Waals surface area contributed by atoms with Gasteiger partial charge in [-0.3, -0.25) is 14.5 Å². The van der Waals surface area contributed by atoms with Crippen molar-refractivity contribution in [2.24, 2.45) is 5.92 Å². The molecule has 4 rings (SSSR count). The topological polar surface area (TPSA) is 43.9 Å². The Labute approximate surface area is 174 Å². The third-order valence-corrected chi connectivity index (χ3v) is 5.91. The molecule has 2 aromatic rings. The quantitative estimate of drug-likeness (QED) is 0.770. The maximum atomic E-state index is 13.4. The van der Waals surface area contributed by atoms with Crippen LogP contribution in [-0.2, 0) is 16.1 Å². The lowest BCUT2D eigenvalue weighted by atomic mass is 10.1. The van der Waals surface area contributed by atoms with Crippen LogP contribution in [0.2, 0.25) is 5.02 Å². The Hall–Kier alpha value is -2.44. The lowest BCUT2D eigenvalue weighted by Crippen LogP contribution is -2.50. The molecular formula is C22H23ClFN3O2. The summed E-state index contributed by atoms with van der Waals surface area (Å²) in [6.07, 6.45) is 0.179. The largest absolute Gasteiger partial charge is 0.340 e. The van der Waals surface area contributed by atoms with E-state index in [0.717, 1.165) is 19.6 Å². The number of nitrogens with zero attached hydrogens (tertiary/aromatic N) is 3. The fourth-order valence-corrected chi connectivity index (χ4v) is 4.18. The van der Waals surface area contributed by atoms with Crippen LogP contribution in [0.5, 0.6) is 0 Å². The first-order valence-corrected chi connectivity index (χ1v) is 10.2. The highest BCUT2D eigenvalue weighted by Crippen LogP contribution is 2.29. The van der Waals surface area contributed by atoms with Gasteiger partial charge in [0, 0.05) is 51.4 Å². The molecule has 2 aliphatic heterocycles. The summed E-state index contributed by atoms with van der Waals surface area (Å²) in [6.45, 7) is 4.16. The summed E-state index contributed by atoms with van der Waals surface area (Å²) in [5, 5.41) is -0.0281. The number of piperazine rings is 1. The number of carbonyl (C=O) groups excluding carboxylic acids is 2. The van der Waals surface area contributed by atoms with Gasteiger partial charge < -0.3 is 9.80 Å². The molecule has 0 bridgehead atoms. The van der Waals surface area contributed by atoms with Crippen molar-refractivity contribution in [1.82, 2.24) is 9.80 Å². The Morgan fingerprint density at radius 2 is 1.79 bits per heavy atom. The molecule has 0 aromatic heterocycles. The van der Waals surface area contributed by atoms with Gasteiger partial charge in [0.15, 0.2) is 0 Å². The Kier molecular flexibility index (Phi) is 5.83. The Bertz CT molecular complexity index is 900. The van der Waals surface area contributed by atoms with E-state index in [1.165, 1.54) is 28.7 Å². The fraction of sp³-hybridized carbons (Fsp3) is 0.364. The molecule has 2 aromatic carbocycles. The number of anilines is 1. The van der Waals surface area contributed by atoms with Crippen molar-refractivity contribution in [2.45, 2.75) is 13.0 Å². The summed E-state index contributed by atoms with van der Waals surface area (Å²) >= 11 is 5.84. The molecule has 0 N–H and O–H groups in total. The Morgan fingerprint density at radius 1 is 1.07 bits per heavy atom. The van der Waals surface area contributed by atoms with Crippen molar-refractivity contribution in [1.29, 1.82) is 0 Å². The number of rotatable bonds is 4. The van der Waals surface area contributed by atoms with E-state index >= 15 is 0 Å². The second-order valence-electron chi connectivity index (χ2n) is 7.59. The number of amides is 2. The summed E-state index contributed by atoms with van der Waals surface area (Å²) in [6, 6.07) is 14.5. The molecule has 7 heteroatoms. The van der Waals surface area contributed by atoms with E-state index in [9.17, 15) is 14.0 Å². The van der Waals surface area contributed by atoms with Crippen molar-refractivity contribution in [3.8, 4) is 0 Å². The summed E-state index contributed by atoms with van der Waals surface area (Å²) in [7, 11) is 0. The first-order chi connectivity index (χ1) is 14.0. The van der Waals surface area contributed by atoms with E-state index in [2.05, 4.69) is 17.0 Å². The first-order valence-electron chi connectivity index (χ1n) is 9.82. The monoisotopic (exact) mass is 415 g/mol. The minimum Gasteiger partial charge on any atom is -0.340 e. The number of halogens is 2. The molecule has 0 radical (unpaired) electrons. The lowest BCUT2D eigenvalue weighted by molar-refractivity contribution is -0.137. The van der Waals surface area contributed by atoms with Gasteiger partial charge >= 0.3 is 0 Å². The van der Waals surface area contributed by atoms with Crippen molar-refractivity contribution in [3.05, 3.63) is 64.9 Å². The zero-order valence-corrected chi connectivity index (χ0v) is 16.8. The standard InChI is InChI=1S/C22H23ClFN3O2/c23-19-13-18(6-7-20(19)24)27-15-17(12-21(27)28)22(29)26-10-8-25(9-11-26)14-16-4-2-1-3-5-16/h1-7,13,17H,8-12,14-15H2. The number of hydrogen-bond donors (Lipinski definition) is 0. The molecule has 0 spiro atoms. The summed E-state index contributed by atoms with van der Waals surface area (Å²) in [5.41, 5.74) is 1.80. The van der Waals surface area contributed by atoms with Crippen molar-refractivity contribution < 1.29 is 14.0 Å². The Balaban J connectivity index is 1.33. The van der Waals surface area contributed by atoms with E-state index in [1.54, 1.807) is 0 Å². The van der Waals surface area contributed by atoms with Gasteiger partial charge in [-0.25, -0.2) is 4.39 Å². The third-order valence-electron chi connectivity index (χ3n) is 5.62. The molecule has 1 atom stereocenters. The molecule has 29 heavy (non-hydrogen) atoms. The maximum Gasteiger partial charge on any atom is 0.228 e. The molecule has 152 valence electrons. The highest BCUT2D eigenvalue weighted by Gasteiger charge is 2.38. The van der Waals surface area contributed by atoms with E-state index in [-0.39, 0.29) is 29.2 Å². The van der Waals surface area contributed by atoms with Crippen LogP contribution in [0.4, 0.5) is 10.1 Å². The van der Waals surface area contributed by atoms with Crippen LogP contribution < -0.4 is 4.90 Å². The van der Waals surface area contributed by atoms with Gasteiger partial charge in [0.2, 0.25) is 11.8 Å². The van der Waals surface area contributed by atoms with Crippen LogP contribution >= 0.6 is 11.6 Å². The second-order valence-corrected chi connectivity index (χ2v) is 8.00. The van der Waals surface area contributed by atoms with E-state index < -0.39 is 5.82 Å². The molecule has 1 unspecified atom stereocenters. The van der Waals surface area contributed by atoms with Crippen molar-refractivity contribution in [3.63, 3.8) is 0 Å². The van der Waals surface area contributed by atoms with Gasteiger partial charge in [-0.2, -0.15) is 0 Å². The van der Waals surface area contributed by atoms with Crippen molar-refractivity contribution >= 4 is 29.1 Å². The second kappa shape index (κ2) is 8.51. The van der Waals surface area contributed by atoms with E-state index in [1.807, 2.05) is 23.1 Å². The normalized spacial score (nSPS) is 20.3. The number of hydrogen-bond acceptors (Lipinski definition) is 3. The van der Waals surface area contributed by atoms with Gasteiger partial charge in [-0.1, -0.05) is 41.9 Å². The molecule has 2 aliphatic rings. The SMILES string of the molecule is O=C(C1CC(=O)N(c2ccc(F)c(Cl)c2)C1)N1CCN(Cc2ccccc2)CC1. The van der Waals surface area contributed by atoms with Gasteiger partial charge in [0.25, 0.3) is 0 Å². The van der Waals surface area contributed by atoms with Gasteiger partial charge in [-0.05, 0) is 23.8 Å². The van der Waals surface area contributed by atoms with Gasteiger partial charge in [-0.15, -0.1) is 0 Å². The summed E-state index contributed by atoms with van der Waals surface area (Å²) in [5.74, 6) is -1.00. The van der Waals surface area contributed by atoms with Crippen LogP contribution in [0.1, 0.15) is 12.0 Å². The van der Waals surface area contributed by atoms with Crippen LogP contribution in [-0.4, -0.2) is 54.3 Å². The molecule has 5 nitrogen and oxygen atoms in total. The summed E-state index contributed by atoms with van der Waals surface area (Å²) in [4.78, 5) is 31.1. The van der Waals surface area contributed by atoms with Gasteiger partial charge in [0.05, 0.1) is 10.9 Å². The molecular weight excluding hydrogens is 393 g/mol. The van der Waals surface area contributed by atoms with Crippen molar-refractivity contribution in [2.75, 3.05) is 37.6 Å². The predicted molar refractivity (Wildman–Crippen MR) is 110 cm³/mol. The maximum absolute atomic E-state index is 13.4. The molecule has 2 heterocycles. The highest BCUT2D eigenvalue weighted by molar-refractivity contribution is 6.31. The average Bonchev–Trinajstić information content (AvgIpc) is 3.12. The lowest BCUT2D eigenvalue weighted by Gasteiger charge is -2.36. The smallest absolute Gasteiger partial charge is 0.228 e. The first kappa shape index (κ1) is 19.9. The molecule has 2 saturated heterocycles. The van der Waals surface area contributed by atoms with Gasteiger partial charge in [0.1, 0.15) is 5.82 Å². The molecule has 0 aliphatic carbocycles. The minimum atomic E-state index is -0.525.